The van der Waals surface area contributed by atoms with Crippen LogP contribution in [0.4, 0.5) is 0 Å². The Bertz CT molecular complexity index is 745. The topological polar surface area (TPSA) is 55.1 Å². The first-order chi connectivity index (χ1) is 12.7. The van der Waals surface area contributed by atoms with Crippen LogP contribution in [0.5, 0.6) is 0 Å². The largest absolute Gasteiger partial charge is 0.356 e. The molecule has 0 radical (unpaired) electrons. The summed E-state index contributed by atoms with van der Waals surface area (Å²) in [7, 11) is 0. The van der Waals surface area contributed by atoms with Gasteiger partial charge < -0.3 is 9.88 Å². The third kappa shape index (κ3) is 4.36. The van der Waals surface area contributed by atoms with Crippen LogP contribution in [0.2, 0.25) is 0 Å². The fraction of sp³-hybridized carbons (Fsp3) is 0.600. The molecule has 6 nitrogen and oxygen atoms in total. The SMILES string of the molecule is CCn1cc(CN2Cc3cccn3C[C@@H](CC(=O)NCC3CC3)C2)cn1. The van der Waals surface area contributed by atoms with Gasteiger partial charge in [-0.2, -0.15) is 5.10 Å². The molecule has 140 valence electrons. The van der Waals surface area contributed by atoms with E-state index >= 15 is 0 Å². The number of nitrogens with one attached hydrogen (secondary N) is 1. The van der Waals surface area contributed by atoms with E-state index in [2.05, 4.69) is 51.3 Å². The van der Waals surface area contributed by atoms with Gasteiger partial charge in [-0.25, -0.2) is 0 Å². The second-order valence-electron chi connectivity index (χ2n) is 7.84. The maximum atomic E-state index is 12.4. The predicted molar refractivity (Wildman–Crippen MR) is 100 cm³/mol. The van der Waals surface area contributed by atoms with Crippen molar-refractivity contribution in [2.24, 2.45) is 11.8 Å². The molecule has 0 saturated heterocycles. The van der Waals surface area contributed by atoms with Crippen molar-refractivity contribution in [3.05, 3.63) is 42.0 Å². The van der Waals surface area contributed by atoms with Crippen LogP contribution in [-0.4, -0.2) is 38.2 Å². The zero-order valence-corrected chi connectivity index (χ0v) is 15.6. The van der Waals surface area contributed by atoms with Crippen LogP contribution in [0, 0.1) is 11.8 Å². The van der Waals surface area contributed by atoms with Crippen molar-refractivity contribution in [2.45, 2.75) is 52.4 Å². The highest BCUT2D eigenvalue weighted by molar-refractivity contribution is 5.76. The van der Waals surface area contributed by atoms with Gasteiger partial charge in [0.15, 0.2) is 0 Å². The Morgan fingerprint density at radius 2 is 2.19 bits per heavy atom. The lowest BCUT2D eigenvalue weighted by Crippen LogP contribution is -2.33. The quantitative estimate of drug-likeness (QED) is 0.829. The van der Waals surface area contributed by atoms with Gasteiger partial charge in [-0.1, -0.05) is 0 Å². The number of carbonyl (C=O) groups is 1. The highest BCUT2D eigenvalue weighted by atomic mass is 16.1. The molecule has 2 aromatic heterocycles. The predicted octanol–water partition coefficient (Wildman–Crippen LogP) is 2.25. The van der Waals surface area contributed by atoms with E-state index in [1.54, 1.807) is 0 Å². The van der Waals surface area contributed by atoms with E-state index in [4.69, 9.17) is 0 Å². The molecule has 4 rings (SSSR count). The molecule has 1 amide bonds. The smallest absolute Gasteiger partial charge is 0.220 e. The van der Waals surface area contributed by atoms with Gasteiger partial charge in [-0.05, 0) is 43.7 Å². The second kappa shape index (κ2) is 7.66. The zero-order chi connectivity index (χ0) is 17.9. The first kappa shape index (κ1) is 17.3. The van der Waals surface area contributed by atoms with E-state index in [1.165, 1.54) is 24.1 Å². The van der Waals surface area contributed by atoms with E-state index in [-0.39, 0.29) is 5.91 Å². The van der Waals surface area contributed by atoms with E-state index in [1.807, 2.05) is 10.9 Å². The molecule has 1 atom stereocenters. The van der Waals surface area contributed by atoms with Gasteiger partial charge in [0.2, 0.25) is 5.91 Å². The summed E-state index contributed by atoms with van der Waals surface area (Å²) in [5, 5.41) is 7.52. The zero-order valence-electron chi connectivity index (χ0n) is 15.6. The van der Waals surface area contributed by atoms with Gasteiger partial charge in [0.25, 0.3) is 0 Å². The van der Waals surface area contributed by atoms with Gasteiger partial charge >= 0.3 is 0 Å². The van der Waals surface area contributed by atoms with Crippen LogP contribution in [0.15, 0.2) is 30.7 Å². The van der Waals surface area contributed by atoms with Gasteiger partial charge in [-0.3, -0.25) is 14.4 Å². The van der Waals surface area contributed by atoms with E-state index in [9.17, 15) is 4.79 Å². The summed E-state index contributed by atoms with van der Waals surface area (Å²) in [6.07, 6.45) is 9.38. The van der Waals surface area contributed by atoms with E-state index < -0.39 is 0 Å². The first-order valence-corrected chi connectivity index (χ1v) is 9.84. The van der Waals surface area contributed by atoms with Gasteiger partial charge in [0.1, 0.15) is 0 Å². The number of hydrogen-bond donors (Lipinski definition) is 1. The number of amides is 1. The first-order valence-electron chi connectivity index (χ1n) is 9.84. The Balaban J connectivity index is 1.41. The summed E-state index contributed by atoms with van der Waals surface area (Å²) in [6.45, 7) is 7.52. The maximum absolute atomic E-state index is 12.4. The maximum Gasteiger partial charge on any atom is 0.220 e. The summed E-state index contributed by atoms with van der Waals surface area (Å²) in [6, 6.07) is 4.30. The average Bonchev–Trinajstić information content (AvgIpc) is 3.24. The van der Waals surface area contributed by atoms with E-state index in [0.29, 0.717) is 12.3 Å². The molecular weight excluding hydrogens is 326 g/mol. The molecule has 1 aliphatic heterocycles. The molecular formula is C20H29N5O. The fourth-order valence-electron chi connectivity index (χ4n) is 3.85. The van der Waals surface area contributed by atoms with Gasteiger partial charge in [0, 0.05) is 69.3 Å². The van der Waals surface area contributed by atoms with Crippen LogP contribution in [0.25, 0.3) is 0 Å². The molecule has 2 aliphatic rings. The molecule has 1 fully saturated rings. The van der Waals surface area contributed by atoms with Gasteiger partial charge in [0.05, 0.1) is 6.20 Å². The Hall–Kier alpha value is -2.08. The van der Waals surface area contributed by atoms with Crippen molar-refractivity contribution in [3.8, 4) is 0 Å². The Labute approximate surface area is 155 Å². The van der Waals surface area contributed by atoms with Crippen molar-refractivity contribution >= 4 is 5.91 Å². The molecule has 1 N–H and O–H groups in total. The van der Waals surface area contributed by atoms with E-state index in [0.717, 1.165) is 45.2 Å². The summed E-state index contributed by atoms with van der Waals surface area (Å²) in [5.74, 6) is 1.27. The highest BCUT2D eigenvalue weighted by Crippen LogP contribution is 2.27. The molecule has 26 heavy (non-hydrogen) atoms. The summed E-state index contributed by atoms with van der Waals surface area (Å²) >= 11 is 0. The molecule has 1 saturated carbocycles. The lowest BCUT2D eigenvalue weighted by molar-refractivity contribution is -0.122. The number of carbonyl (C=O) groups excluding carboxylic acids is 1. The number of aryl methyl sites for hydroxylation is 1. The molecule has 6 heteroatoms. The van der Waals surface area contributed by atoms with Crippen molar-refractivity contribution in [2.75, 3.05) is 13.1 Å². The number of rotatable bonds is 7. The van der Waals surface area contributed by atoms with Crippen LogP contribution in [0.3, 0.4) is 0 Å². The molecule has 0 spiro atoms. The van der Waals surface area contributed by atoms with Crippen LogP contribution >= 0.6 is 0 Å². The molecule has 0 aromatic carbocycles. The molecule has 0 unspecified atom stereocenters. The second-order valence-corrected chi connectivity index (χ2v) is 7.84. The van der Waals surface area contributed by atoms with Crippen LogP contribution in [-0.2, 0) is 31.0 Å². The number of nitrogens with zero attached hydrogens (tertiary/aromatic N) is 4. The summed E-state index contributed by atoms with van der Waals surface area (Å²) in [5.41, 5.74) is 2.57. The van der Waals surface area contributed by atoms with Crippen molar-refractivity contribution in [1.29, 1.82) is 0 Å². The van der Waals surface area contributed by atoms with Crippen LogP contribution < -0.4 is 5.32 Å². The van der Waals surface area contributed by atoms with Crippen molar-refractivity contribution < 1.29 is 4.79 Å². The molecule has 2 aromatic rings. The molecule has 1 aliphatic carbocycles. The molecule has 0 bridgehead atoms. The Morgan fingerprint density at radius 1 is 1.31 bits per heavy atom. The Kier molecular flexibility index (Phi) is 5.11. The van der Waals surface area contributed by atoms with Crippen molar-refractivity contribution in [1.82, 2.24) is 24.6 Å². The lowest BCUT2D eigenvalue weighted by Gasteiger charge is -2.23. The normalized spacial score (nSPS) is 20.6. The third-order valence-electron chi connectivity index (χ3n) is 5.46. The molecule has 3 heterocycles. The standard InChI is InChI=1S/C20H29N5O/c1-2-25-14-18(10-22-25)12-23-11-17(8-20(26)21-9-16-5-6-16)13-24-7-3-4-19(24)15-23/h3-4,7,10,14,16-17H,2,5-6,8-9,11-13,15H2,1H3,(H,21,26)/t17-/m0/s1. The summed E-state index contributed by atoms with van der Waals surface area (Å²) < 4.78 is 4.28. The minimum absolute atomic E-state index is 0.205. The monoisotopic (exact) mass is 355 g/mol. The summed E-state index contributed by atoms with van der Waals surface area (Å²) in [4.78, 5) is 14.8. The number of aromatic nitrogens is 3. The van der Waals surface area contributed by atoms with Gasteiger partial charge in [-0.15, -0.1) is 0 Å². The lowest BCUT2D eigenvalue weighted by atomic mass is 10.0. The Morgan fingerprint density at radius 3 is 2.96 bits per heavy atom. The number of hydrogen-bond acceptors (Lipinski definition) is 3. The average molecular weight is 355 g/mol. The third-order valence-corrected chi connectivity index (χ3v) is 5.46. The minimum atomic E-state index is 0.205. The minimum Gasteiger partial charge on any atom is -0.356 e. The van der Waals surface area contributed by atoms with Crippen LogP contribution in [0.1, 0.15) is 37.4 Å². The highest BCUT2D eigenvalue weighted by Gasteiger charge is 2.25. The fourth-order valence-corrected chi connectivity index (χ4v) is 3.85. The van der Waals surface area contributed by atoms with Crippen molar-refractivity contribution in [3.63, 3.8) is 0 Å². The number of fused-ring (bicyclic) bond motifs is 1.